The largest absolute Gasteiger partial charge is 0.369 e. The van der Waals surface area contributed by atoms with Crippen molar-refractivity contribution < 1.29 is 14.0 Å². The van der Waals surface area contributed by atoms with Crippen molar-refractivity contribution in [3.05, 3.63) is 54.3 Å². The number of carbonyl (C=O) groups is 2. The van der Waals surface area contributed by atoms with Crippen LogP contribution in [0.15, 0.2) is 48.5 Å². The summed E-state index contributed by atoms with van der Waals surface area (Å²) in [5.74, 6) is -0.430. The minimum absolute atomic E-state index is 0.0547. The molecule has 7 heteroatoms. The summed E-state index contributed by atoms with van der Waals surface area (Å²) in [6, 6.07) is 13.7. The third kappa shape index (κ3) is 5.79. The van der Waals surface area contributed by atoms with Crippen molar-refractivity contribution in [3.8, 4) is 0 Å². The van der Waals surface area contributed by atoms with Crippen LogP contribution in [0.1, 0.15) is 13.3 Å². The fourth-order valence-electron chi connectivity index (χ4n) is 3.24. The van der Waals surface area contributed by atoms with Gasteiger partial charge in [-0.15, -0.1) is 0 Å². The molecule has 0 saturated carbocycles. The van der Waals surface area contributed by atoms with Crippen LogP contribution in [0, 0.1) is 5.82 Å². The van der Waals surface area contributed by atoms with Crippen molar-refractivity contribution in [1.82, 2.24) is 4.90 Å². The van der Waals surface area contributed by atoms with Gasteiger partial charge in [0.05, 0.1) is 0 Å². The van der Waals surface area contributed by atoms with E-state index in [4.69, 9.17) is 0 Å². The summed E-state index contributed by atoms with van der Waals surface area (Å²) in [6.45, 7) is 5.57. The Kier molecular flexibility index (Phi) is 6.60. The van der Waals surface area contributed by atoms with Gasteiger partial charge in [-0.05, 0) is 42.5 Å². The number of amides is 2. The first-order chi connectivity index (χ1) is 13.5. The molecule has 1 fully saturated rings. The number of hydrogen-bond donors (Lipinski definition) is 2. The van der Waals surface area contributed by atoms with E-state index in [1.54, 1.807) is 36.4 Å². The van der Waals surface area contributed by atoms with Crippen LogP contribution in [-0.2, 0) is 9.59 Å². The van der Waals surface area contributed by atoms with E-state index in [1.165, 1.54) is 19.1 Å². The molecular weight excluding hydrogens is 359 g/mol. The van der Waals surface area contributed by atoms with Gasteiger partial charge < -0.3 is 15.5 Å². The number of nitrogens with one attached hydrogen (secondary N) is 2. The number of piperazine rings is 1. The van der Waals surface area contributed by atoms with E-state index >= 15 is 0 Å². The fraction of sp³-hybridized carbons (Fsp3) is 0.333. The highest BCUT2D eigenvalue weighted by atomic mass is 19.1. The van der Waals surface area contributed by atoms with Gasteiger partial charge in [-0.1, -0.05) is 6.07 Å². The predicted molar refractivity (Wildman–Crippen MR) is 109 cm³/mol. The van der Waals surface area contributed by atoms with Crippen LogP contribution < -0.4 is 15.5 Å². The first kappa shape index (κ1) is 19.8. The Balaban J connectivity index is 1.42. The molecule has 6 nitrogen and oxygen atoms in total. The van der Waals surface area contributed by atoms with Crippen molar-refractivity contribution in [2.45, 2.75) is 13.3 Å². The third-order valence-corrected chi connectivity index (χ3v) is 4.69. The summed E-state index contributed by atoms with van der Waals surface area (Å²) in [7, 11) is 0. The Labute approximate surface area is 164 Å². The highest BCUT2D eigenvalue weighted by Gasteiger charge is 2.18. The van der Waals surface area contributed by atoms with Gasteiger partial charge in [0.1, 0.15) is 5.82 Å². The lowest BCUT2D eigenvalue weighted by Gasteiger charge is -2.36. The summed E-state index contributed by atoms with van der Waals surface area (Å²) in [5, 5.41) is 5.57. The second-order valence-electron chi connectivity index (χ2n) is 6.87. The molecule has 148 valence electrons. The first-order valence-electron chi connectivity index (χ1n) is 9.40. The number of benzene rings is 2. The zero-order valence-corrected chi connectivity index (χ0v) is 16.0. The Morgan fingerprint density at radius 3 is 2.25 bits per heavy atom. The van der Waals surface area contributed by atoms with Crippen LogP contribution in [-0.4, -0.2) is 49.4 Å². The molecule has 1 saturated heterocycles. The normalized spacial score (nSPS) is 14.6. The van der Waals surface area contributed by atoms with Crippen molar-refractivity contribution in [2.75, 3.05) is 48.3 Å². The smallest absolute Gasteiger partial charge is 0.225 e. The van der Waals surface area contributed by atoms with Crippen molar-refractivity contribution in [2.24, 2.45) is 0 Å². The fourth-order valence-corrected chi connectivity index (χ4v) is 3.24. The molecule has 2 N–H and O–H groups in total. The Hall–Kier alpha value is -2.93. The zero-order valence-electron chi connectivity index (χ0n) is 16.0. The maximum atomic E-state index is 13.0. The monoisotopic (exact) mass is 384 g/mol. The van der Waals surface area contributed by atoms with Crippen molar-refractivity contribution >= 4 is 28.9 Å². The quantitative estimate of drug-likeness (QED) is 0.804. The van der Waals surface area contributed by atoms with E-state index in [0.717, 1.165) is 31.9 Å². The van der Waals surface area contributed by atoms with E-state index in [9.17, 15) is 14.0 Å². The molecular formula is C21H25FN4O2. The molecule has 0 bridgehead atoms. The maximum Gasteiger partial charge on any atom is 0.225 e. The van der Waals surface area contributed by atoms with Crippen molar-refractivity contribution in [1.29, 1.82) is 0 Å². The van der Waals surface area contributed by atoms with Gasteiger partial charge in [0.2, 0.25) is 11.8 Å². The van der Waals surface area contributed by atoms with Crippen LogP contribution in [0.5, 0.6) is 0 Å². The highest BCUT2D eigenvalue weighted by molar-refractivity contribution is 5.93. The van der Waals surface area contributed by atoms with Crippen LogP contribution in [0.2, 0.25) is 0 Å². The summed E-state index contributed by atoms with van der Waals surface area (Å²) in [6.07, 6.45) is 0.404. The number of halogens is 1. The molecule has 3 rings (SSSR count). The Morgan fingerprint density at radius 2 is 1.61 bits per heavy atom. The molecule has 0 radical (unpaired) electrons. The number of nitrogens with zero attached hydrogens (tertiary/aromatic N) is 2. The summed E-state index contributed by atoms with van der Waals surface area (Å²) >= 11 is 0. The lowest BCUT2D eigenvalue weighted by Crippen LogP contribution is -2.47. The number of carbonyl (C=O) groups excluding carboxylic acids is 2. The van der Waals surface area contributed by atoms with Gasteiger partial charge in [-0.2, -0.15) is 0 Å². The molecule has 0 spiro atoms. The molecule has 0 aromatic heterocycles. The van der Waals surface area contributed by atoms with Crippen LogP contribution in [0.4, 0.5) is 21.5 Å². The topological polar surface area (TPSA) is 64.7 Å². The maximum absolute atomic E-state index is 13.0. The van der Waals surface area contributed by atoms with E-state index in [-0.39, 0.29) is 17.6 Å². The number of anilines is 3. The minimum atomic E-state index is -0.226. The SMILES string of the molecule is CC(=O)Nc1cccc(NC(=O)CCN2CCN(c3ccc(F)cc3)CC2)c1. The van der Waals surface area contributed by atoms with Gasteiger partial charge in [-0.3, -0.25) is 14.5 Å². The minimum Gasteiger partial charge on any atom is -0.369 e. The number of hydrogen-bond acceptors (Lipinski definition) is 4. The van der Waals surface area contributed by atoms with Crippen LogP contribution >= 0.6 is 0 Å². The van der Waals surface area contributed by atoms with Gasteiger partial charge in [0.25, 0.3) is 0 Å². The Morgan fingerprint density at radius 1 is 0.964 bits per heavy atom. The van der Waals surface area contributed by atoms with E-state index < -0.39 is 0 Å². The van der Waals surface area contributed by atoms with Crippen molar-refractivity contribution in [3.63, 3.8) is 0 Å². The molecule has 28 heavy (non-hydrogen) atoms. The Bertz CT molecular complexity index is 817. The second kappa shape index (κ2) is 9.32. The van der Waals surface area contributed by atoms with Gasteiger partial charge >= 0.3 is 0 Å². The van der Waals surface area contributed by atoms with Gasteiger partial charge in [0.15, 0.2) is 0 Å². The second-order valence-corrected chi connectivity index (χ2v) is 6.87. The number of rotatable bonds is 6. The predicted octanol–water partition coefficient (Wildman–Crippen LogP) is 2.93. The summed E-state index contributed by atoms with van der Waals surface area (Å²) in [5.41, 5.74) is 2.34. The molecule has 0 unspecified atom stereocenters. The molecule has 2 aromatic rings. The molecule has 1 aliphatic rings. The third-order valence-electron chi connectivity index (χ3n) is 4.69. The molecule has 0 aliphatic carbocycles. The van der Waals surface area contributed by atoms with Crippen LogP contribution in [0.3, 0.4) is 0 Å². The van der Waals surface area contributed by atoms with Gasteiger partial charge in [-0.25, -0.2) is 4.39 Å². The van der Waals surface area contributed by atoms with E-state index in [0.29, 0.717) is 24.3 Å². The zero-order chi connectivity index (χ0) is 19.9. The molecule has 1 aliphatic heterocycles. The average Bonchev–Trinajstić information content (AvgIpc) is 2.67. The summed E-state index contributed by atoms with van der Waals surface area (Å²) in [4.78, 5) is 27.8. The van der Waals surface area contributed by atoms with Gasteiger partial charge in [0, 0.05) is 63.1 Å². The molecule has 1 heterocycles. The lowest BCUT2D eigenvalue weighted by atomic mass is 10.2. The molecule has 2 aromatic carbocycles. The summed E-state index contributed by atoms with van der Waals surface area (Å²) < 4.78 is 13.0. The first-order valence-corrected chi connectivity index (χ1v) is 9.40. The van der Waals surface area contributed by atoms with E-state index in [2.05, 4.69) is 20.4 Å². The average molecular weight is 384 g/mol. The molecule has 0 atom stereocenters. The molecule has 2 amide bonds. The highest BCUT2D eigenvalue weighted by Crippen LogP contribution is 2.18. The lowest BCUT2D eigenvalue weighted by molar-refractivity contribution is -0.116. The van der Waals surface area contributed by atoms with E-state index in [1.807, 2.05) is 0 Å². The standard InChI is InChI=1S/C21H25FN4O2/c1-16(27)23-18-3-2-4-19(15-18)24-21(28)9-10-25-11-13-26(14-12-25)20-7-5-17(22)6-8-20/h2-8,15H,9-14H2,1H3,(H,23,27)(H,24,28). The van der Waals surface area contributed by atoms with Crippen LogP contribution in [0.25, 0.3) is 0 Å².